The maximum atomic E-state index is 8.89. The van der Waals surface area contributed by atoms with Gasteiger partial charge >= 0.3 is 0 Å². The summed E-state index contributed by atoms with van der Waals surface area (Å²) >= 11 is 0. The van der Waals surface area contributed by atoms with Gasteiger partial charge < -0.3 is 5.73 Å². The normalized spacial score (nSPS) is 41.5. The molecule has 2 fully saturated rings. The van der Waals surface area contributed by atoms with Gasteiger partial charge in [0, 0.05) is 18.1 Å². The fraction of sp³-hybridized carbons (Fsp3) is 0.900. The Kier molecular flexibility index (Phi) is 2.27. The highest BCUT2D eigenvalue weighted by Gasteiger charge is 2.41. The molecule has 2 rings (SSSR count). The van der Waals surface area contributed by atoms with E-state index in [2.05, 4.69) is 11.0 Å². The van der Waals surface area contributed by atoms with Crippen molar-refractivity contribution in [3.63, 3.8) is 0 Å². The summed E-state index contributed by atoms with van der Waals surface area (Å²) < 4.78 is 0. The number of hydrogen-bond donors (Lipinski definition) is 1. The molecular weight excluding hydrogens is 162 g/mol. The van der Waals surface area contributed by atoms with Gasteiger partial charge in [-0.05, 0) is 32.6 Å². The molecule has 13 heavy (non-hydrogen) atoms. The molecule has 0 aliphatic carbocycles. The highest BCUT2D eigenvalue weighted by Crippen LogP contribution is 2.36. The molecule has 0 saturated carbocycles. The van der Waals surface area contributed by atoms with Crippen LogP contribution in [0.3, 0.4) is 0 Å². The van der Waals surface area contributed by atoms with Gasteiger partial charge in [-0.3, -0.25) is 4.90 Å². The Hall–Kier alpha value is -0.590. The average molecular weight is 179 g/mol. The van der Waals surface area contributed by atoms with Crippen LogP contribution in [-0.2, 0) is 0 Å². The van der Waals surface area contributed by atoms with Crippen LogP contribution in [-0.4, -0.2) is 29.1 Å². The highest BCUT2D eigenvalue weighted by molar-refractivity contribution is 5.03. The first-order chi connectivity index (χ1) is 6.22. The Bertz CT molecular complexity index is 219. The van der Waals surface area contributed by atoms with Gasteiger partial charge in [0.05, 0.1) is 12.1 Å². The molecule has 2 bridgehead atoms. The van der Waals surface area contributed by atoms with Gasteiger partial charge in [-0.1, -0.05) is 0 Å². The lowest BCUT2D eigenvalue weighted by molar-refractivity contribution is 0.109. The molecular formula is C10H17N3. The molecule has 2 aliphatic rings. The monoisotopic (exact) mass is 179 g/mol. The standard InChI is InChI=1S/C10H17N3/c1-7(6-11)13-9-2-3-10(13)5-8(12)4-9/h7-10H,2-5,12H2,1H3. The minimum Gasteiger partial charge on any atom is -0.328 e. The first kappa shape index (κ1) is 8.98. The van der Waals surface area contributed by atoms with Gasteiger partial charge in [0.25, 0.3) is 0 Å². The van der Waals surface area contributed by atoms with E-state index in [9.17, 15) is 0 Å². The zero-order chi connectivity index (χ0) is 9.42. The summed E-state index contributed by atoms with van der Waals surface area (Å²) in [6.45, 7) is 2.00. The summed E-state index contributed by atoms with van der Waals surface area (Å²) in [5.41, 5.74) is 5.95. The van der Waals surface area contributed by atoms with Crippen LogP contribution >= 0.6 is 0 Å². The molecule has 2 heterocycles. The van der Waals surface area contributed by atoms with Gasteiger partial charge in [-0.2, -0.15) is 5.26 Å². The number of fused-ring (bicyclic) bond motifs is 2. The summed E-state index contributed by atoms with van der Waals surface area (Å²) in [4.78, 5) is 2.38. The van der Waals surface area contributed by atoms with Crippen molar-refractivity contribution in [2.75, 3.05) is 0 Å². The largest absolute Gasteiger partial charge is 0.328 e. The molecule has 0 spiro atoms. The molecule has 72 valence electrons. The quantitative estimate of drug-likeness (QED) is 0.649. The van der Waals surface area contributed by atoms with E-state index < -0.39 is 0 Å². The third-order valence-electron chi connectivity index (χ3n) is 3.46. The van der Waals surface area contributed by atoms with Crippen molar-refractivity contribution in [1.82, 2.24) is 4.90 Å². The molecule has 3 atom stereocenters. The predicted molar refractivity (Wildman–Crippen MR) is 50.9 cm³/mol. The van der Waals surface area contributed by atoms with E-state index in [1.54, 1.807) is 0 Å². The number of nitriles is 1. The molecule has 3 nitrogen and oxygen atoms in total. The van der Waals surface area contributed by atoms with E-state index in [-0.39, 0.29) is 6.04 Å². The van der Waals surface area contributed by atoms with Gasteiger partial charge in [0.2, 0.25) is 0 Å². The Balaban J connectivity index is 2.11. The maximum absolute atomic E-state index is 8.89. The Labute approximate surface area is 79.5 Å². The van der Waals surface area contributed by atoms with Crippen molar-refractivity contribution in [3.8, 4) is 6.07 Å². The smallest absolute Gasteiger partial charge is 0.0954 e. The Morgan fingerprint density at radius 3 is 2.38 bits per heavy atom. The van der Waals surface area contributed by atoms with E-state index in [0.717, 1.165) is 12.8 Å². The van der Waals surface area contributed by atoms with Crippen molar-refractivity contribution < 1.29 is 0 Å². The van der Waals surface area contributed by atoms with Crippen molar-refractivity contribution >= 4 is 0 Å². The van der Waals surface area contributed by atoms with Gasteiger partial charge in [-0.15, -0.1) is 0 Å². The fourth-order valence-corrected chi connectivity index (χ4v) is 2.95. The van der Waals surface area contributed by atoms with Crippen molar-refractivity contribution in [2.24, 2.45) is 5.73 Å². The zero-order valence-electron chi connectivity index (χ0n) is 8.11. The van der Waals surface area contributed by atoms with Crippen LogP contribution in [0.15, 0.2) is 0 Å². The number of piperidine rings is 1. The van der Waals surface area contributed by atoms with Crippen LogP contribution in [0, 0.1) is 11.3 Å². The minimum atomic E-state index is 0.0741. The van der Waals surface area contributed by atoms with Crippen molar-refractivity contribution in [3.05, 3.63) is 0 Å². The minimum absolute atomic E-state index is 0.0741. The van der Waals surface area contributed by atoms with E-state index >= 15 is 0 Å². The SMILES string of the molecule is CC(C#N)N1C2CCC1CC(N)C2. The average Bonchev–Trinajstić information content (AvgIpc) is 2.37. The van der Waals surface area contributed by atoms with Crippen LogP contribution in [0.5, 0.6) is 0 Å². The number of nitrogens with two attached hydrogens (primary N) is 1. The molecule has 0 radical (unpaired) electrons. The zero-order valence-corrected chi connectivity index (χ0v) is 8.11. The Morgan fingerprint density at radius 2 is 1.92 bits per heavy atom. The topological polar surface area (TPSA) is 53.0 Å². The third kappa shape index (κ3) is 1.45. The summed E-state index contributed by atoms with van der Waals surface area (Å²) in [6, 6.07) is 3.96. The third-order valence-corrected chi connectivity index (χ3v) is 3.46. The maximum Gasteiger partial charge on any atom is 0.0954 e. The number of rotatable bonds is 1. The van der Waals surface area contributed by atoms with E-state index in [1.165, 1.54) is 12.8 Å². The van der Waals surface area contributed by atoms with Crippen LogP contribution in [0.1, 0.15) is 32.6 Å². The second-order valence-corrected chi connectivity index (χ2v) is 4.37. The van der Waals surface area contributed by atoms with Crippen LogP contribution in [0.2, 0.25) is 0 Å². The molecule has 2 aliphatic heterocycles. The highest BCUT2D eigenvalue weighted by atomic mass is 15.2. The van der Waals surface area contributed by atoms with E-state index in [1.807, 2.05) is 6.92 Å². The first-order valence-corrected chi connectivity index (χ1v) is 5.15. The summed E-state index contributed by atoms with van der Waals surface area (Å²) in [5, 5.41) is 8.89. The fourth-order valence-electron chi connectivity index (χ4n) is 2.95. The van der Waals surface area contributed by atoms with Crippen LogP contribution < -0.4 is 5.73 Å². The van der Waals surface area contributed by atoms with Crippen LogP contribution in [0.4, 0.5) is 0 Å². The second kappa shape index (κ2) is 3.28. The molecule has 0 amide bonds. The number of hydrogen-bond acceptors (Lipinski definition) is 3. The molecule has 0 aromatic rings. The predicted octanol–water partition coefficient (Wildman–Crippen LogP) is 0.853. The number of nitrogens with zero attached hydrogens (tertiary/aromatic N) is 2. The molecule has 3 unspecified atom stereocenters. The lowest BCUT2D eigenvalue weighted by Gasteiger charge is -2.39. The van der Waals surface area contributed by atoms with E-state index in [0.29, 0.717) is 18.1 Å². The van der Waals surface area contributed by atoms with Gasteiger partial charge in [0.1, 0.15) is 0 Å². The lowest BCUT2D eigenvalue weighted by atomic mass is 9.97. The van der Waals surface area contributed by atoms with Gasteiger partial charge in [0.15, 0.2) is 0 Å². The molecule has 2 saturated heterocycles. The van der Waals surface area contributed by atoms with Gasteiger partial charge in [-0.25, -0.2) is 0 Å². The molecule has 3 heteroatoms. The second-order valence-electron chi connectivity index (χ2n) is 4.37. The molecule has 0 aromatic heterocycles. The van der Waals surface area contributed by atoms with Crippen molar-refractivity contribution in [2.45, 2.75) is 56.8 Å². The first-order valence-electron chi connectivity index (χ1n) is 5.15. The lowest BCUT2D eigenvalue weighted by Crippen LogP contribution is -2.50. The van der Waals surface area contributed by atoms with E-state index in [4.69, 9.17) is 11.0 Å². The summed E-state index contributed by atoms with van der Waals surface area (Å²) in [7, 11) is 0. The van der Waals surface area contributed by atoms with Crippen molar-refractivity contribution in [1.29, 1.82) is 5.26 Å². The molecule has 2 N–H and O–H groups in total. The summed E-state index contributed by atoms with van der Waals surface area (Å²) in [6.07, 6.45) is 4.65. The summed E-state index contributed by atoms with van der Waals surface area (Å²) in [5.74, 6) is 0. The van der Waals surface area contributed by atoms with Crippen LogP contribution in [0.25, 0.3) is 0 Å². The molecule has 0 aromatic carbocycles. The Morgan fingerprint density at radius 1 is 1.38 bits per heavy atom.